The van der Waals surface area contributed by atoms with Crippen LogP contribution in [-0.4, -0.2) is 24.7 Å². The van der Waals surface area contributed by atoms with Crippen LogP contribution in [0.1, 0.15) is 5.56 Å². The van der Waals surface area contributed by atoms with Crippen LogP contribution in [-0.2, 0) is 16.1 Å². The molecule has 0 bridgehead atoms. The molecule has 0 heterocycles. The number of phenols is 1. The van der Waals surface area contributed by atoms with Crippen molar-refractivity contribution in [3.05, 3.63) is 23.8 Å². The van der Waals surface area contributed by atoms with Gasteiger partial charge in [-0.15, -0.1) is 0 Å². The van der Waals surface area contributed by atoms with E-state index in [1.54, 1.807) is 12.1 Å². The van der Waals surface area contributed by atoms with Gasteiger partial charge in [0.05, 0.1) is 13.7 Å². The zero-order valence-corrected chi connectivity index (χ0v) is 8.40. The fourth-order valence-electron chi connectivity index (χ4n) is 1.03. The molecule has 1 aromatic rings. The third kappa shape index (κ3) is 3.14. The van der Waals surface area contributed by atoms with Crippen molar-refractivity contribution < 1.29 is 19.4 Å². The number of benzene rings is 1. The van der Waals surface area contributed by atoms with E-state index in [0.29, 0.717) is 5.75 Å². The average Bonchev–Trinajstić information content (AvgIpc) is 2.27. The Bertz CT molecular complexity index is 351. The fraction of sp³-hybridized carbons (Fsp3) is 0.300. The minimum atomic E-state index is -0.470. The van der Waals surface area contributed by atoms with Crippen molar-refractivity contribution in [2.24, 2.45) is 5.73 Å². The number of rotatable bonds is 4. The lowest BCUT2D eigenvalue weighted by Gasteiger charge is -2.07. The van der Waals surface area contributed by atoms with Gasteiger partial charge in [0, 0.05) is 0 Å². The molecule has 0 fully saturated rings. The molecule has 0 spiro atoms. The molecule has 0 amide bonds. The molecule has 0 saturated carbocycles. The Morgan fingerprint density at radius 1 is 1.53 bits per heavy atom. The highest BCUT2D eigenvalue weighted by Gasteiger charge is 2.04. The number of phenolic OH excluding ortho intramolecular Hbond substituents is 1. The second kappa shape index (κ2) is 5.21. The molecular weight excluding hydrogens is 198 g/mol. The Morgan fingerprint density at radius 2 is 2.27 bits per heavy atom. The number of methoxy groups -OCH3 is 1. The Balaban J connectivity index is 2.66. The molecule has 0 radical (unpaired) electrons. The molecule has 0 aliphatic heterocycles. The number of carbonyl (C=O) groups excluding carboxylic acids is 1. The van der Waals surface area contributed by atoms with Crippen LogP contribution in [0.25, 0.3) is 0 Å². The Kier molecular flexibility index (Phi) is 3.93. The number of nitrogens with two attached hydrogens (primary N) is 1. The van der Waals surface area contributed by atoms with Gasteiger partial charge in [0.2, 0.25) is 0 Å². The van der Waals surface area contributed by atoms with Crippen LogP contribution in [0.5, 0.6) is 11.5 Å². The van der Waals surface area contributed by atoms with Gasteiger partial charge in [-0.05, 0) is 17.7 Å². The molecular formula is C10H13NO4. The summed E-state index contributed by atoms with van der Waals surface area (Å²) in [5.41, 5.74) is 5.81. The van der Waals surface area contributed by atoms with Crippen LogP contribution < -0.4 is 10.5 Å². The summed E-state index contributed by atoms with van der Waals surface area (Å²) in [5.74, 6) is -0.0789. The Morgan fingerprint density at radius 3 is 2.87 bits per heavy atom. The van der Waals surface area contributed by atoms with E-state index in [1.165, 1.54) is 13.2 Å². The molecule has 0 atom stereocenters. The van der Waals surface area contributed by atoms with Gasteiger partial charge in [0.15, 0.2) is 11.5 Å². The van der Waals surface area contributed by atoms with E-state index in [2.05, 4.69) is 0 Å². The fourth-order valence-corrected chi connectivity index (χ4v) is 1.03. The van der Waals surface area contributed by atoms with Crippen molar-refractivity contribution in [2.75, 3.05) is 13.7 Å². The van der Waals surface area contributed by atoms with Crippen molar-refractivity contribution in [3.8, 4) is 11.5 Å². The number of aromatic hydroxyl groups is 1. The van der Waals surface area contributed by atoms with Gasteiger partial charge in [-0.2, -0.15) is 0 Å². The Labute approximate surface area is 87.4 Å². The first kappa shape index (κ1) is 11.3. The minimum absolute atomic E-state index is 0.0476. The first-order valence-corrected chi connectivity index (χ1v) is 4.39. The number of hydrogen-bond donors (Lipinski definition) is 2. The van der Waals surface area contributed by atoms with E-state index in [1.807, 2.05) is 0 Å². The maximum absolute atomic E-state index is 10.8. The van der Waals surface area contributed by atoms with Gasteiger partial charge in [-0.3, -0.25) is 4.79 Å². The maximum atomic E-state index is 10.8. The molecule has 0 unspecified atom stereocenters. The second-order valence-corrected chi connectivity index (χ2v) is 2.87. The predicted molar refractivity (Wildman–Crippen MR) is 53.5 cm³/mol. The molecule has 0 saturated heterocycles. The topological polar surface area (TPSA) is 81.8 Å². The third-order valence-electron chi connectivity index (χ3n) is 1.81. The van der Waals surface area contributed by atoms with Gasteiger partial charge in [-0.25, -0.2) is 0 Å². The summed E-state index contributed by atoms with van der Waals surface area (Å²) in [6, 6.07) is 4.71. The third-order valence-corrected chi connectivity index (χ3v) is 1.81. The van der Waals surface area contributed by atoms with Gasteiger partial charge >= 0.3 is 5.97 Å². The predicted octanol–water partition coefficient (Wildman–Crippen LogP) is 0.403. The lowest BCUT2D eigenvalue weighted by atomic mass is 10.2. The SMILES string of the molecule is COc1cc(COC(=O)CN)ccc1O. The summed E-state index contributed by atoms with van der Waals surface area (Å²) in [5, 5.41) is 9.31. The summed E-state index contributed by atoms with van der Waals surface area (Å²) in [6.45, 7) is -0.0259. The van der Waals surface area contributed by atoms with Crippen LogP contribution in [0, 0.1) is 0 Å². The van der Waals surface area contributed by atoms with Crippen molar-refractivity contribution in [1.82, 2.24) is 0 Å². The van der Waals surface area contributed by atoms with E-state index in [0.717, 1.165) is 5.56 Å². The van der Waals surface area contributed by atoms with E-state index >= 15 is 0 Å². The van der Waals surface area contributed by atoms with Crippen molar-refractivity contribution in [3.63, 3.8) is 0 Å². The van der Waals surface area contributed by atoms with E-state index in [9.17, 15) is 9.90 Å². The number of hydrogen-bond acceptors (Lipinski definition) is 5. The molecule has 3 N–H and O–H groups in total. The highest BCUT2D eigenvalue weighted by atomic mass is 16.5. The number of carbonyl (C=O) groups is 1. The van der Waals surface area contributed by atoms with Crippen molar-refractivity contribution in [1.29, 1.82) is 0 Å². The summed E-state index contributed by atoms with van der Waals surface area (Å²) in [4.78, 5) is 10.8. The molecule has 0 aliphatic rings. The summed E-state index contributed by atoms with van der Waals surface area (Å²) < 4.78 is 9.72. The molecule has 1 aromatic carbocycles. The minimum Gasteiger partial charge on any atom is -0.504 e. The zero-order chi connectivity index (χ0) is 11.3. The molecule has 1 rings (SSSR count). The van der Waals surface area contributed by atoms with Gasteiger partial charge in [0.1, 0.15) is 6.61 Å². The average molecular weight is 211 g/mol. The molecule has 82 valence electrons. The maximum Gasteiger partial charge on any atom is 0.320 e. The molecule has 15 heavy (non-hydrogen) atoms. The number of esters is 1. The number of ether oxygens (including phenoxy) is 2. The molecule has 5 nitrogen and oxygen atoms in total. The largest absolute Gasteiger partial charge is 0.504 e. The highest BCUT2D eigenvalue weighted by Crippen LogP contribution is 2.26. The molecule has 5 heteroatoms. The summed E-state index contributed by atoms with van der Waals surface area (Å²) in [6.07, 6.45) is 0. The van der Waals surface area contributed by atoms with Gasteiger partial charge < -0.3 is 20.3 Å². The molecule has 0 aromatic heterocycles. The first-order chi connectivity index (χ1) is 7.17. The normalized spacial score (nSPS) is 9.73. The smallest absolute Gasteiger partial charge is 0.320 e. The summed E-state index contributed by atoms with van der Waals surface area (Å²) >= 11 is 0. The lowest BCUT2D eigenvalue weighted by molar-refractivity contribution is -0.143. The van der Waals surface area contributed by atoms with Crippen LogP contribution >= 0.6 is 0 Å². The quantitative estimate of drug-likeness (QED) is 0.704. The van der Waals surface area contributed by atoms with Crippen LogP contribution in [0.2, 0.25) is 0 Å². The second-order valence-electron chi connectivity index (χ2n) is 2.87. The van der Waals surface area contributed by atoms with Crippen LogP contribution in [0.4, 0.5) is 0 Å². The van der Waals surface area contributed by atoms with Crippen molar-refractivity contribution >= 4 is 5.97 Å². The van der Waals surface area contributed by atoms with E-state index in [4.69, 9.17) is 15.2 Å². The zero-order valence-electron chi connectivity index (χ0n) is 8.40. The van der Waals surface area contributed by atoms with Crippen LogP contribution in [0.3, 0.4) is 0 Å². The Hall–Kier alpha value is -1.75. The molecule has 0 aliphatic carbocycles. The van der Waals surface area contributed by atoms with Gasteiger partial charge in [-0.1, -0.05) is 6.07 Å². The van der Waals surface area contributed by atoms with Crippen molar-refractivity contribution in [2.45, 2.75) is 6.61 Å². The monoisotopic (exact) mass is 211 g/mol. The standard InChI is InChI=1S/C10H13NO4/c1-14-9-4-7(2-3-8(9)12)6-15-10(13)5-11/h2-4,12H,5-6,11H2,1H3. The van der Waals surface area contributed by atoms with Crippen LogP contribution in [0.15, 0.2) is 18.2 Å². The van der Waals surface area contributed by atoms with Gasteiger partial charge in [0.25, 0.3) is 0 Å². The summed E-state index contributed by atoms with van der Waals surface area (Å²) in [7, 11) is 1.45. The first-order valence-electron chi connectivity index (χ1n) is 4.39. The highest BCUT2D eigenvalue weighted by molar-refractivity contribution is 5.71. The van der Waals surface area contributed by atoms with E-state index in [-0.39, 0.29) is 18.9 Å². The van der Waals surface area contributed by atoms with E-state index < -0.39 is 5.97 Å². The lowest BCUT2D eigenvalue weighted by Crippen LogP contribution is -2.16.